The molecule has 1 unspecified atom stereocenters. The number of aromatic nitrogens is 1. The summed E-state index contributed by atoms with van der Waals surface area (Å²) < 4.78 is 0. The number of likely N-dealkylation sites (tertiary alicyclic amines) is 1. The maximum absolute atomic E-state index is 11.2. The summed E-state index contributed by atoms with van der Waals surface area (Å²) in [6.07, 6.45) is 4.37. The highest BCUT2D eigenvalue weighted by atomic mass is 16.1. The minimum atomic E-state index is -0.220. The number of guanidine groups is 1. The van der Waals surface area contributed by atoms with E-state index in [4.69, 9.17) is 10.7 Å². The number of aryl methyl sites for hydroxylation is 1. The van der Waals surface area contributed by atoms with E-state index in [1.54, 1.807) is 6.20 Å². The van der Waals surface area contributed by atoms with Crippen molar-refractivity contribution in [2.24, 2.45) is 16.6 Å². The maximum atomic E-state index is 11.2. The van der Waals surface area contributed by atoms with Gasteiger partial charge in [-0.15, -0.1) is 0 Å². The Kier molecular flexibility index (Phi) is 6.38. The summed E-state index contributed by atoms with van der Waals surface area (Å²) in [6, 6.07) is 3.99. The summed E-state index contributed by atoms with van der Waals surface area (Å²) in [5, 5.41) is 3.35. The Hall–Kier alpha value is -2.11. The Bertz CT molecular complexity index is 558. The molecule has 6 nitrogen and oxygen atoms in total. The van der Waals surface area contributed by atoms with E-state index in [-0.39, 0.29) is 5.91 Å². The number of primary amides is 1. The molecular formula is C17H27N5O. The number of aliphatic imine (C=N–C) groups is 1. The molecule has 2 heterocycles. The highest BCUT2D eigenvalue weighted by Gasteiger charge is 2.23. The first-order valence-electron chi connectivity index (χ1n) is 8.32. The van der Waals surface area contributed by atoms with Crippen molar-refractivity contribution < 1.29 is 4.79 Å². The van der Waals surface area contributed by atoms with E-state index in [0.717, 1.165) is 49.7 Å². The molecule has 0 aliphatic carbocycles. The van der Waals surface area contributed by atoms with Gasteiger partial charge in [0.1, 0.15) is 0 Å². The zero-order chi connectivity index (χ0) is 16.7. The summed E-state index contributed by atoms with van der Waals surface area (Å²) >= 11 is 0. The second-order valence-electron chi connectivity index (χ2n) is 6.06. The van der Waals surface area contributed by atoms with E-state index in [2.05, 4.69) is 35.1 Å². The first-order chi connectivity index (χ1) is 11.1. The first kappa shape index (κ1) is 17.2. The predicted molar refractivity (Wildman–Crippen MR) is 91.9 cm³/mol. The van der Waals surface area contributed by atoms with Crippen molar-refractivity contribution in [3.8, 4) is 0 Å². The first-order valence-corrected chi connectivity index (χ1v) is 8.32. The average Bonchev–Trinajstić information content (AvgIpc) is 2.52. The topological polar surface area (TPSA) is 83.6 Å². The molecule has 23 heavy (non-hydrogen) atoms. The van der Waals surface area contributed by atoms with Gasteiger partial charge in [-0.05, 0) is 44.2 Å². The monoisotopic (exact) mass is 317 g/mol. The minimum absolute atomic E-state index is 0.220. The molecular weight excluding hydrogens is 290 g/mol. The van der Waals surface area contributed by atoms with Crippen LogP contribution in [0.2, 0.25) is 0 Å². The van der Waals surface area contributed by atoms with E-state index >= 15 is 0 Å². The number of amides is 1. The van der Waals surface area contributed by atoms with Crippen molar-refractivity contribution in [2.75, 3.05) is 19.6 Å². The van der Waals surface area contributed by atoms with Crippen LogP contribution in [0, 0.1) is 12.8 Å². The van der Waals surface area contributed by atoms with Gasteiger partial charge in [0.05, 0.1) is 12.2 Å². The number of carbonyl (C=O) groups is 1. The molecule has 0 aromatic carbocycles. The SMILES string of the molecule is CCNC(=NCc1ncccc1C)N1CCCC(CC(N)=O)C1. The third-order valence-electron chi connectivity index (χ3n) is 4.14. The summed E-state index contributed by atoms with van der Waals surface area (Å²) in [7, 11) is 0. The molecule has 1 aliphatic heterocycles. The van der Waals surface area contributed by atoms with Gasteiger partial charge in [-0.3, -0.25) is 9.78 Å². The lowest BCUT2D eigenvalue weighted by molar-refractivity contribution is -0.119. The Balaban J connectivity index is 2.06. The molecule has 1 amide bonds. The quantitative estimate of drug-likeness (QED) is 0.636. The molecule has 1 aromatic rings. The van der Waals surface area contributed by atoms with Gasteiger partial charge in [0.25, 0.3) is 0 Å². The van der Waals surface area contributed by atoms with Gasteiger partial charge in [-0.1, -0.05) is 6.07 Å². The number of hydrogen-bond acceptors (Lipinski definition) is 3. The number of nitrogens with two attached hydrogens (primary N) is 1. The van der Waals surface area contributed by atoms with Crippen LogP contribution in [0.1, 0.15) is 37.4 Å². The average molecular weight is 317 g/mol. The number of nitrogens with one attached hydrogen (secondary N) is 1. The van der Waals surface area contributed by atoms with E-state index in [1.807, 2.05) is 6.07 Å². The lowest BCUT2D eigenvalue weighted by Gasteiger charge is -2.34. The highest BCUT2D eigenvalue weighted by molar-refractivity contribution is 5.80. The van der Waals surface area contributed by atoms with Crippen molar-refractivity contribution in [1.29, 1.82) is 0 Å². The van der Waals surface area contributed by atoms with Gasteiger partial charge in [-0.25, -0.2) is 4.99 Å². The minimum Gasteiger partial charge on any atom is -0.370 e. The molecule has 1 aliphatic rings. The molecule has 6 heteroatoms. The zero-order valence-electron chi connectivity index (χ0n) is 14.1. The third kappa shape index (κ3) is 5.23. The van der Waals surface area contributed by atoms with Crippen molar-refractivity contribution in [3.05, 3.63) is 29.6 Å². The fourth-order valence-corrected chi connectivity index (χ4v) is 2.97. The number of pyridine rings is 1. The Morgan fingerprint density at radius 1 is 1.57 bits per heavy atom. The van der Waals surface area contributed by atoms with Gasteiger partial charge in [0, 0.05) is 32.3 Å². The molecule has 3 N–H and O–H groups in total. The van der Waals surface area contributed by atoms with Crippen molar-refractivity contribution in [2.45, 2.75) is 39.7 Å². The molecule has 0 radical (unpaired) electrons. The molecule has 1 aromatic heterocycles. The van der Waals surface area contributed by atoms with Crippen molar-refractivity contribution in [3.63, 3.8) is 0 Å². The molecule has 1 atom stereocenters. The highest BCUT2D eigenvalue weighted by Crippen LogP contribution is 2.19. The molecule has 1 fully saturated rings. The summed E-state index contributed by atoms with van der Waals surface area (Å²) in [5.41, 5.74) is 7.49. The maximum Gasteiger partial charge on any atom is 0.217 e. The number of nitrogens with zero attached hydrogens (tertiary/aromatic N) is 3. The largest absolute Gasteiger partial charge is 0.370 e. The molecule has 0 saturated carbocycles. The van der Waals surface area contributed by atoms with Gasteiger partial charge in [0.2, 0.25) is 5.91 Å². The molecule has 1 saturated heterocycles. The summed E-state index contributed by atoms with van der Waals surface area (Å²) in [6.45, 7) is 7.28. The van der Waals surface area contributed by atoms with Crippen LogP contribution in [0.4, 0.5) is 0 Å². The summed E-state index contributed by atoms with van der Waals surface area (Å²) in [4.78, 5) is 22.5. The fourth-order valence-electron chi connectivity index (χ4n) is 2.97. The van der Waals surface area contributed by atoms with Crippen LogP contribution in [-0.4, -0.2) is 41.4 Å². The standard InChI is InChI=1S/C17H27N5O/c1-3-19-17(21-11-15-13(2)6-4-8-20-15)22-9-5-7-14(12-22)10-16(18)23/h4,6,8,14H,3,5,7,9-12H2,1-2H3,(H2,18,23)(H,19,21). The number of hydrogen-bond donors (Lipinski definition) is 2. The van der Waals surface area contributed by atoms with E-state index in [1.165, 1.54) is 0 Å². The normalized spacial score (nSPS) is 18.8. The summed E-state index contributed by atoms with van der Waals surface area (Å²) in [5.74, 6) is 0.997. The van der Waals surface area contributed by atoms with Crippen LogP contribution in [0.15, 0.2) is 23.3 Å². The number of carbonyl (C=O) groups excluding carboxylic acids is 1. The Labute approximate surface area is 138 Å². The van der Waals surface area contributed by atoms with Crippen LogP contribution in [0.25, 0.3) is 0 Å². The van der Waals surface area contributed by atoms with Crippen molar-refractivity contribution >= 4 is 11.9 Å². The smallest absolute Gasteiger partial charge is 0.217 e. The van der Waals surface area contributed by atoms with Crippen LogP contribution < -0.4 is 11.1 Å². The molecule has 2 rings (SSSR count). The van der Waals surface area contributed by atoms with Crippen molar-refractivity contribution in [1.82, 2.24) is 15.2 Å². The van der Waals surface area contributed by atoms with E-state index < -0.39 is 0 Å². The van der Waals surface area contributed by atoms with Gasteiger partial charge in [0.15, 0.2) is 5.96 Å². The zero-order valence-corrected chi connectivity index (χ0v) is 14.1. The van der Waals surface area contributed by atoms with Crippen LogP contribution in [0.3, 0.4) is 0 Å². The molecule has 0 bridgehead atoms. The van der Waals surface area contributed by atoms with E-state index in [9.17, 15) is 4.79 Å². The van der Waals surface area contributed by atoms with Gasteiger partial charge < -0.3 is 16.0 Å². The molecule has 126 valence electrons. The van der Waals surface area contributed by atoms with Crippen LogP contribution in [-0.2, 0) is 11.3 Å². The Morgan fingerprint density at radius 3 is 3.09 bits per heavy atom. The second-order valence-corrected chi connectivity index (χ2v) is 6.06. The second kappa shape index (κ2) is 8.50. The van der Waals surface area contributed by atoms with Crippen LogP contribution >= 0.6 is 0 Å². The third-order valence-corrected chi connectivity index (χ3v) is 4.14. The number of piperidine rings is 1. The lowest BCUT2D eigenvalue weighted by Crippen LogP contribution is -2.47. The van der Waals surface area contributed by atoms with Gasteiger partial charge >= 0.3 is 0 Å². The predicted octanol–water partition coefficient (Wildman–Crippen LogP) is 1.44. The van der Waals surface area contributed by atoms with E-state index in [0.29, 0.717) is 18.9 Å². The van der Waals surface area contributed by atoms with Gasteiger partial charge in [-0.2, -0.15) is 0 Å². The number of rotatable bonds is 5. The Morgan fingerprint density at radius 2 is 2.39 bits per heavy atom. The molecule has 0 spiro atoms. The lowest BCUT2D eigenvalue weighted by atomic mass is 9.95. The van der Waals surface area contributed by atoms with Crippen LogP contribution in [0.5, 0.6) is 0 Å². The fraction of sp³-hybridized carbons (Fsp3) is 0.588.